The predicted octanol–water partition coefficient (Wildman–Crippen LogP) is 4.58. The van der Waals surface area contributed by atoms with Gasteiger partial charge in [0.1, 0.15) is 0 Å². The molecule has 8 heteroatoms. The van der Waals surface area contributed by atoms with Gasteiger partial charge in [0, 0.05) is 41.6 Å². The Hall–Kier alpha value is -3.00. The van der Waals surface area contributed by atoms with Gasteiger partial charge in [-0.05, 0) is 66.8 Å². The van der Waals surface area contributed by atoms with Crippen molar-refractivity contribution >= 4 is 32.5 Å². The van der Waals surface area contributed by atoms with Crippen LogP contribution in [0.3, 0.4) is 0 Å². The number of H-pyrrole nitrogens is 1. The van der Waals surface area contributed by atoms with Crippen molar-refractivity contribution in [3.8, 4) is 0 Å². The summed E-state index contributed by atoms with van der Waals surface area (Å²) in [5.41, 5.74) is 2.96. The van der Waals surface area contributed by atoms with E-state index in [1.165, 1.54) is 10.4 Å². The zero-order chi connectivity index (χ0) is 22.9. The summed E-state index contributed by atoms with van der Waals surface area (Å²) in [7, 11) is -3.96. The minimum atomic E-state index is -3.96. The van der Waals surface area contributed by atoms with Crippen LogP contribution in [0.2, 0.25) is 5.02 Å². The molecular weight excluding hydrogens is 446 g/mol. The van der Waals surface area contributed by atoms with E-state index in [-0.39, 0.29) is 23.5 Å². The van der Waals surface area contributed by atoms with Crippen LogP contribution in [0.1, 0.15) is 22.3 Å². The number of hydrogen-bond acceptors (Lipinski definition) is 4. The van der Waals surface area contributed by atoms with E-state index in [0.29, 0.717) is 27.2 Å². The zero-order valence-electron chi connectivity index (χ0n) is 17.7. The normalized spacial score (nSPS) is 11.9. The maximum Gasteiger partial charge on any atom is 0.252 e. The number of benzene rings is 2. The van der Waals surface area contributed by atoms with Gasteiger partial charge >= 0.3 is 0 Å². The smallest absolute Gasteiger partial charge is 0.252 e. The second-order valence-corrected chi connectivity index (χ2v) is 10.0. The molecule has 0 aliphatic heterocycles. The molecule has 0 saturated heterocycles. The Balaban J connectivity index is 1.81. The van der Waals surface area contributed by atoms with Crippen LogP contribution in [0, 0.1) is 13.8 Å². The molecule has 0 bridgehead atoms. The molecule has 32 heavy (non-hydrogen) atoms. The number of sulfonamides is 1. The first-order chi connectivity index (χ1) is 15.3. The van der Waals surface area contributed by atoms with E-state index in [1.54, 1.807) is 49.6 Å². The Bertz CT molecular complexity index is 1450. The van der Waals surface area contributed by atoms with Crippen molar-refractivity contribution in [2.75, 3.05) is 0 Å². The number of rotatable bonds is 6. The maximum atomic E-state index is 13.7. The van der Waals surface area contributed by atoms with Gasteiger partial charge in [-0.25, -0.2) is 8.42 Å². The second kappa shape index (κ2) is 8.86. The van der Waals surface area contributed by atoms with Crippen molar-refractivity contribution in [3.05, 3.63) is 105 Å². The summed E-state index contributed by atoms with van der Waals surface area (Å²) in [5.74, 6) is 0. The van der Waals surface area contributed by atoms with Crippen molar-refractivity contribution in [2.45, 2.75) is 31.8 Å². The number of halogens is 1. The number of hydrogen-bond donors (Lipinski definition) is 1. The summed E-state index contributed by atoms with van der Waals surface area (Å²) >= 11 is 6.20. The maximum absolute atomic E-state index is 13.7. The summed E-state index contributed by atoms with van der Waals surface area (Å²) in [6.07, 6.45) is 3.24. The molecule has 0 saturated carbocycles. The van der Waals surface area contributed by atoms with Crippen molar-refractivity contribution < 1.29 is 8.42 Å². The number of pyridine rings is 2. The van der Waals surface area contributed by atoms with Crippen molar-refractivity contribution in [1.82, 2.24) is 14.3 Å². The molecule has 0 unspecified atom stereocenters. The largest absolute Gasteiger partial charge is 0.322 e. The first-order valence-electron chi connectivity index (χ1n) is 10.0. The molecular formula is C24H22ClN3O3S. The van der Waals surface area contributed by atoms with Crippen LogP contribution in [0.4, 0.5) is 0 Å². The fourth-order valence-electron chi connectivity index (χ4n) is 3.61. The van der Waals surface area contributed by atoms with Crippen molar-refractivity contribution in [3.63, 3.8) is 0 Å². The van der Waals surface area contributed by atoms with Gasteiger partial charge in [-0.1, -0.05) is 35.4 Å². The number of nitrogens with one attached hydrogen (secondary N) is 1. The number of aryl methyl sites for hydroxylation is 1. The molecule has 2 aromatic heterocycles. The summed E-state index contributed by atoms with van der Waals surface area (Å²) in [6.45, 7) is 3.60. The molecule has 0 aliphatic carbocycles. The van der Waals surface area contributed by atoms with Gasteiger partial charge in [-0.15, -0.1) is 0 Å². The number of aromatic amines is 1. The van der Waals surface area contributed by atoms with Crippen LogP contribution in [0.15, 0.2) is 76.7 Å². The molecule has 0 radical (unpaired) electrons. The van der Waals surface area contributed by atoms with E-state index in [0.717, 1.165) is 10.9 Å². The highest BCUT2D eigenvalue weighted by Gasteiger charge is 2.28. The summed E-state index contributed by atoms with van der Waals surface area (Å²) in [6, 6.07) is 15.8. The first kappa shape index (κ1) is 22.2. The number of nitrogens with zero attached hydrogens (tertiary/aromatic N) is 2. The first-order valence-corrected chi connectivity index (χ1v) is 11.8. The topological polar surface area (TPSA) is 83.1 Å². The Labute approximate surface area is 191 Å². The van der Waals surface area contributed by atoms with Gasteiger partial charge in [-0.2, -0.15) is 4.31 Å². The fourth-order valence-corrected chi connectivity index (χ4v) is 5.49. The third-order valence-electron chi connectivity index (χ3n) is 5.34. The monoisotopic (exact) mass is 467 g/mol. The van der Waals surface area contributed by atoms with Crippen LogP contribution in [-0.2, 0) is 23.1 Å². The molecule has 0 atom stereocenters. The summed E-state index contributed by atoms with van der Waals surface area (Å²) in [5, 5.41) is 1.21. The average Bonchev–Trinajstić information content (AvgIpc) is 2.76. The Morgan fingerprint density at radius 1 is 1.03 bits per heavy atom. The molecule has 4 rings (SSSR count). The summed E-state index contributed by atoms with van der Waals surface area (Å²) < 4.78 is 28.6. The minimum absolute atomic E-state index is 0.0629. The lowest BCUT2D eigenvalue weighted by atomic mass is 10.1. The zero-order valence-corrected chi connectivity index (χ0v) is 19.2. The molecule has 0 fully saturated rings. The third kappa shape index (κ3) is 4.46. The van der Waals surface area contributed by atoms with Crippen molar-refractivity contribution in [1.29, 1.82) is 0 Å². The van der Waals surface area contributed by atoms with Gasteiger partial charge < -0.3 is 4.98 Å². The van der Waals surface area contributed by atoms with E-state index < -0.39 is 10.0 Å². The predicted molar refractivity (Wildman–Crippen MR) is 126 cm³/mol. The van der Waals surface area contributed by atoms with E-state index in [2.05, 4.69) is 9.97 Å². The minimum Gasteiger partial charge on any atom is -0.322 e. The fraction of sp³-hybridized carbons (Fsp3) is 0.167. The van der Waals surface area contributed by atoms with Crippen LogP contribution in [0.25, 0.3) is 10.9 Å². The van der Waals surface area contributed by atoms with Gasteiger partial charge in [0.2, 0.25) is 10.0 Å². The number of aromatic nitrogens is 2. The van der Waals surface area contributed by atoms with E-state index in [9.17, 15) is 13.2 Å². The Morgan fingerprint density at radius 2 is 1.84 bits per heavy atom. The average molecular weight is 468 g/mol. The molecule has 6 nitrogen and oxygen atoms in total. The standard InChI is InChI=1S/C24H22ClN3O3S/c1-16-8-9-22-19(11-16)12-20(24(29)27-22)15-28(14-18-5-4-10-26-13-18)32(30,31)23-7-3-6-21(25)17(23)2/h3-13H,14-15H2,1-2H3,(H,27,29). The molecule has 4 aromatic rings. The quantitative estimate of drug-likeness (QED) is 0.449. The lowest BCUT2D eigenvalue weighted by molar-refractivity contribution is 0.399. The number of fused-ring (bicyclic) bond motifs is 1. The van der Waals surface area contributed by atoms with Gasteiger partial charge in [-0.3, -0.25) is 9.78 Å². The van der Waals surface area contributed by atoms with Crippen LogP contribution in [0.5, 0.6) is 0 Å². The molecule has 1 N–H and O–H groups in total. The Morgan fingerprint density at radius 3 is 2.59 bits per heavy atom. The molecule has 2 aromatic carbocycles. The molecule has 0 spiro atoms. The van der Waals surface area contributed by atoms with Gasteiger partial charge in [0.15, 0.2) is 0 Å². The molecule has 2 heterocycles. The van der Waals surface area contributed by atoms with E-state index in [4.69, 9.17) is 11.6 Å². The molecule has 0 amide bonds. The highest BCUT2D eigenvalue weighted by molar-refractivity contribution is 7.89. The third-order valence-corrected chi connectivity index (χ3v) is 7.69. The van der Waals surface area contributed by atoms with E-state index in [1.807, 2.05) is 25.1 Å². The lowest BCUT2D eigenvalue weighted by Gasteiger charge is -2.23. The summed E-state index contributed by atoms with van der Waals surface area (Å²) in [4.78, 5) is 19.8. The van der Waals surface area contributed by atoms with Gasteiger partial charge in [0.05, 0.1) is 4.90 Å². The van der Waals surface area contributed by atoms with E-state index >= 15 is 0 Å². The lowest BCUT2D eigenvalue weighted by Crippen LogP contribution is -2.33. The second-order valence-electron chi connectivity index (χ2n) is 7.71. The molecule has 0 aliphatic rings. The van der Waals surface area contributed by atoms with Crippen LogP contribution < -0.4 is 5.56 Å². The van der Waals surface area contributed by atoms with Crippen LogP contribution >= 0.6 is 11.6 Å². The molecule has 164 valence electrons. The van der Waals surface area contributed by atoms with Crippen molar-refractivity contribution in [2.24, 2.45) is 0 Å². The highest BCUT2D eigenvalue weighted by atomic mass is 35.5. The van der Waals surface area contributed by atoms with Gasteiger partial charge in [0.25, 0.3) is 5.56 Å². The highest BCUT2D eigenvalue weighted by Crippen LogP contribution is 2.27. The SMILES string of the molecule is Cc1ccc2[nH]c(=O)c(CN(Cc3cccnc3)S(=O)(=O)c3cccc(Cl)c3C)cc2c1. The van der Waals surface area contributed by atoms with Crippen LogP contribution in [-0.4, -0.2) is 22.7 Å². The Kier molecular flexibility index (Phi) is 6.15.